The van der Waals surface area contributed by atoms with E-state index in [1.807, 2.05) is 27.7 Å². The largest absolute Gasteiger partial charge is 0.361 e. The van der Waals surface area contributed by atoms with E-state index in [1.165, 1.54) is 0 Å². The van der Waals surface area contributed by atoms with E-state index in [4.69, 9.17) is 10.3 Å². The Labute approximate surface area is 102 Å². The van der Waals surface area contributed by atoms with Crippen molar-refractivity contribution in [2.45, 2.75) is 52.6 Å². The third kappa shape index (κ3) is 2.85. The van der Waals surface area contributed by atoms with E-state index in [9.17, 15) is 4.79 Å². The van der Waals surface area contributed by atoms with E-state index in [2.05, 4.69) is 10.5 Å². The molecule has 0 aliphatic carbocycles. The zero-order valence-electron chi connectivity index (χ0n) is 11.0. The molecule has 0 radical (unpaired) electrons. The number of hydrogen-bond acceptors (Lipinski definition) is 4. The quantitative estimate of drug-likeness (QED) is 0.814. The topological polar surface area (TPSA) is 81.2 Å². The third-order valence-corrected chi connectivity index (χ3v) is 3.32. The predicted molar refractivity (Wildman–Crippen MR) is 65.3 cm³/mol. The highest BCUT2D eigenvalue weighted by molar-refractivity contribution is 5.85. The van der Waals surface area contributed by atoms with Gasteiger partial charge in [-0.1, -0.05) is 19.0 Å². The van der Waals surface area contributed by atoms with Gasteiger partial charge >= 0.3 is 0 Å². The Hall–Kier alpha value is -1.36. The van der Waals surface area contributed by atoms with Crippen LogP contribution in [0.25, 0.3) is 0 Å². The summed E-state index contributed by atoms with van der Waals surface area (Å²) < 4.78 is 5.03. The number of carbonyl (C=O) groups excluding carboxylic acids is 1. The normalized spacial score (nSPS) is 11.6. The summed E-state index contributed by atoms with van der Waals surface area (Å²) in [6, 6.07) is 0. The summed E-state index contributed by atoms with van der Waals surface area (Å²) in [6.45, 7) is 7.93. The van der Waals surface area contributed by atoms with Crippen LogP contribution in [0.1, 0.15) is 43.7 Å². The first kappa shape index (κ1) is 13.7. The van der Waals surface area contributed by atoms with Crippen LogP contribution in [0.3, 0.4) is 0 Å². The molecule has 0 spiro atoms. The average molecular weight is 239 g/mol. The predicted octanol–water partition coefficient (Wildman–Crippen LogP) is 1.43. The Bertz CT molecular complexity index is 375. The maximum absolute atomic E-state index is 12.0. The number of rotatable bonds is 5. The molecule has 1 heterocycles. The molecule has 5 nitrogen and oxygen atoms in total. The molecule has 0 aliphatic heterocycles. The molecule has 0 aromatic carbocycles. The van der Waals surface area contributed by atoms with Crippen LogP contribution >= 0.6 is 0 Å². The number of aryl methyl sites for hydroxylation is 2. The smallest absolute Gasteiger partial charge is 0.240 e. The fourth-order valence-corrected chi connectivity index (χ4v) is 1.67. The van der Waals surface area contributed by atoms with Gasteiger partial charge in [0, 0.05) is 12.1 Å². The second-order valence-corrected chi connectivity index (χ2v) is 4.35. The van der Waals surface area contributed by atoms with Gasteiger partial charge in [-0.2, -0.15) is 0 Å². The number of aromatic nitrogens is 1. The summed E-state index contributed by atoms with van der Waals surface area (Å²) in [4.78, 5) is 12.0. The number of carbonyl (C=O) groups is 1. The van der Waals surface area contributed by atoms with Gasteiger partial charge in [-0.3, -0.25) is 4.79 Å². The van der Waals surface area contributed by atoms with Gasteiger partial charge < -0.3 is 15.6 Å². The molecule has 0 saturated carbocycles. The first-order valence-corrected chi connectivity index (χ1v) is 5.93. The highest BCUT2D eigenvalue weighted by atomic mass is 16.5. The Morgan fingerprint density at radius 3 is 2.41 bits per heavy atom. The highest BCUT2D eigenvalue weighted by Crippen LogP contribution is 2.14. The summed E-state index contributed by atoms with van der Waals surface area (Å²) in [6.07, 6.45) is 1.24. The van der Waals surface area contributed by atoms with Crippen LogP contribution in [0.15, 0.2) is 4.52 Å². The van der Waals surface area contributed by atoms with E-state index >= 15 is 0 Å². The van der Waals surface area contributed by atoms with Crippen molar-refractivity contribution in [3.05, 3.63) is 17.0 Å². The lowest BCUT2D eigenvalue weighted by Gasteiger charge is -2.25. The van der Waals surface area contributed by atoms with Crippen molar-refractivity contribution in [3.8, 4) is 0 Å². The van der Waals surface area contributed by atoms with Crippen molar-refractivity contribution < 1.29 is 9.32 Å². The van der Waals surface area contributed by atoms with Crippen molar-refractivity contribution >= 4 is 5.91 Å². The molecule has 5 heteroatoms. The maximum atomic E-state index is 12.0. The van der Waals surface area contributed by atoms with E-state index in [0.29, 0.717) is 19.4 Å². The SMILES string of the molecule is CCC(N)(CC)C(=O)NCc1c(C)noc1C. The molecule has 0 unspecified atom stereocenters. The minimum Gasteiger partial charge on any atom is -0.361 e. The first-order chi connectivity index (χ1) is 7.94. The third-order valence-electron chi connectivity index (χ3n) is 3.32. The summed E-state index contributed by atoms with van der Waals surface area (Å²) in [7, 11) is 0. The van der Waals surface area contributed by atoms with Crippen LogP contribution < -0.4 is 11.1 Å². The molecule has 3 N–H and O–H groups in total. The van der Waals surface area contributed by atoms with Crippen LogP contribution in [-0.2, 0) is 11.3 Å². The van der Waals surface area contributed by atoms with Gasteiger partial charge in [0.25, 0.3) is 0 Å². The number of amides is 1. The Morgan fingerprint density at radius 1 is 1.41 bits per heavy atom. The van der Waals surface area contributed by atoms with Crippen molar-refractivity contribution in [2.24, 2.45) is 5.73 Å². The number of nitrogens with two attached hydrogens (primary N) is 1. The van der Waals surface area contributed by atoms with Gasteiger partial charge in [-0.25, -0.2) is 0 Å². The van der Waals surface area contributed by atoms with Crippen LogP contribution in [0, 0.1) is 13.8 Å². The minimum atomic E-state index is -0.779. The molecule has 1 aromatic heterocycles. The highest BCUT2D eigenvalue weighted by Gasteiger charge is 2.29. The fourth-order valence-electron chi connectivity index (χ4n) is 1.67. The Balaban J connectivity index is 2.66. The molecular weight excluding hydrogens is 218 g/mol. The number of nitrogens with zero attached hydrogens (tertiary/aromatic N) is 1. The van der Waals surface area contributed by atoms with Crippen LogP contribution in [0.5, 0.6) is 0 Å². The average Bonchev–Trinajstić information content (AvgIpc) is 2.65. The molecule has 0 saturated heterocycles. The van der Waals surface area contributed by atoms with Crippen LogP contribution in [0.2, 0.25) is 0 Å². The molecule has 0 fully saturated rings. The monoisotopic (exact) mass is 239 g/mol. The maximum Gasteiger partial charge on any atom is 0.240 e. The zero-order valence-corrected chi connectivity index (χ0v) is 11.0. The lowest BCUT2D eigenvalue weighted by molar-refractivity contribution is -0.126. The Morgan fingerprint density at radius 2 is 2.00 bits per heavy atom. The van der Waals surface area contributed by atoms with Crippen LogP contribution in [0.4, 0.5) is 0 Å². The summed E-state index contributed by atoms with van der Waals surface area (Å²) >= 11 is 0. The summed E-state index contributed by atoms with van der Waals surface area (Å²) in [5.41, 5.74) is 6.95. The van der Waals surface area contributed by atoms with E-state index in [1.54, 1.807) is 0 Å². The number of nitrogens with one attached hydrogen (secondary N) is 1. The van der Waals surface area contributed by atoms with Gasteiger partial charge in [0.05, 0.1) is 11.2 Å². The Kier molecular flexibility index (Phi) is 4.28. The van der Waals surface area contributed by atoms with Gasteiger partial charge in [-0.15, -0.1) is 0 Å². The van der Waals surface area contributed by atoms with Gasteiger partial charge in [0.15, 0.2) is 0 Å². The molecule has 0 aliphatic rings. The molecular formula is C12H21N3O2. The van der Waals surface area contributed by atoms with Crippen molar-refractivity contribution in [2.75, 3.05) is 0 Å². The molecule has 0 atom stereocenters. The van der Waals surface area contributed by atoms with Gasteiger partial charge in [-0.05, 0) is 26.7 Å². The van der Waals surface area contributed by atoms with Crippen molar-refractivity contribution in [1.29, 1.82) is 0 Å². The molecule has 17 heavy (non-hydrogen) atoms. The standard InChI is InChI=1S/C12H21N3O2/c1-5-12(13,6-2)11(16)14-7-10-8(3)15-17-9(10)4/h5-7,13H2,1-4H3,(H,14,16). The van der Waals surface area contributed by atoms with E-state index in [-0.39, 0.29) is 5.91 Å². The number of hydrogen-bond donors (Lipinski definition) is 2. The lowest BCUT2D eigenvalue weighted by Crippen LogP contribution is -2.52. The summed E-state index contributed by atoms with van der Waals surface area (Å²) in [5, 5.41) is 6.68. The van der Waals surface area contributed by atoms with E-state index in [0.717, 1.165) is 17.0 Å². The van der Waals surface area contributed by atoms with Gasteiger partial charge in [0.1, 0.15) is 5.76 Å². The molecule has 1 amide bonds. The zero-order chi connectivity index (χ0) is 13.1. The first-order valence-electron chi connectivity index (χ1n) is 5.93. The van der Waals surface area contributed by atoms with Crippen molar-refractivity contribution in [3.63, 3.8) is 0 Å². The van der Waals surface area contributed by atoms with E-state index < -0.39 is 5.54 Å². The van der Waals surface area contributed by atoms with Crippen molar-refractivity contribution in [1.82, 2.24) is 10.5 Å². The summed E-state index contributed by atoms with van der Waals surface area (Å²) in [5.74, 6) is 0.612. The second-order valence-electron chi connectivity index (χ2n) is 4.35. The fraction of sp³-hybridized carbons (Fsp3) is 0.667. The molecule has 0 bridgehead atoms. The van der Waals surface area contributed by atoms with Crippen LogP contribution in [-0.4, -0.2) is 16.6 Å². The second kappa shape index (κ2) is 5.31. The lowest BCUT2D eigenvalue weighted by atomic mass is 9.93. The van der Waals surface area contributed by atoms with Gasteiger partial charge in [0.2, 0.25) is 5.91 Å². The molecule has 96 valence electrons. The minimum absolute atomic E-state index is 0.123. The molecule has 1 rings (SSSR count). The molecule has 1 aromatic rings.